The summed E-state index contributed by atoms with van der Waals surface area (Å²) in [6.45, 7) is 4.05. The minimum absolute atomic E-state index is 0.0236. The fourth-order valence-electron chi connectivity index (χ4n) is 4.69. The molecule has 3 aromatic rings. The van der Waals surface area contributed by atoms with Gasteiger partial charge in [-0.2, -0.15) is 4.98 Å². The Morgan fingerprint density at radius 3 is 2.66 bits per heavy atom. The number of amides is 1. The highest BCUT2D eigenvalue weighted by atomic mass is 32.2. The number of rotatable bonds is 7. The normalized spacial score (nSPS) is 17.3. The van der Waals surface area contributed by atoms with E-state index < -0.39 is 6.23 Å². The smallest absolute Gasteiger partial charge is 0.247 e. The van der Waals surface area contributed by atoms with Crippen molar-refractivity contribution in [2.75, 3.05) is 10.7 Å². The Morgan fingerprint density at radius 2 is 1.86 bits per heavy atom. The summed E-state index contributed by atoms with van der Waals surface area (Å²) in [7, 11) is 0. The van der Waals surface area contributed by atoms with Gasteiger partial charge in [0.15, 0.2) is 5.69 Å². The van der Waals surface area contributed by atoms with Gasteiger partial charge in [-0.15, -0.1) is 10.2 Å². The zero-order chi connectivity index (χ0) is 24.2. The maximum atomic E-state index is 13.6. The molecule has 0 N–H and O–H groups in total. The zero-order valence-electron chi connectivity index (χ0n) is 20.1. The van der Waals surface area contributed by atoms with Crippen LogP contribution in [0.4, 0.5) is 5.69 Å². The van der Waals surface area contributed by atoms with Gasteiger partial charge in [0.1, 0.15) is 5.75 Å². The number of para-hydroxylation sites is 2. The first kappa shape index (κ1) is 23.6. The molecule has 0 saturated heterocycles. The van der Waals surface area contributed by atoms with E-state index in [1.165, 1.54) is 24.6 Å². The van der Waals surface area contributed by atoms with Crippen LogP contribution in [-0.2, 0) is 4.79 Å². The van der Waals surface area contributed by atoms with Crippen molar-refractivity contribution in [2.24, 2.45) is 0 Å². The van der Waals surface area contributed by atoms with Gasteiger partial charge in [0.2, 0.25) is 23.2 Å². The first-order valence-electron chi connectivity index (χ1n) is 12.4. The van der Waals surface area contributed by atoms with E-state index in [-0.39, 0.29) is 12.0 Å². The monoisotopic (exact) mass is 490 g/mol. The molecule has 1 aromatic heterocycles. The number of thioether (sulfide) groups is 1. The van der Waals surface area contributed by atoms with Crippen LogP contribution in [0.2, 0.25) is 0 Å². The number of aromatic nitrogens is 3. The molecule has 7 nitrogen and oxygen atoms in total. The van der Waals surface area contributed by atoms with Gasteiger partial charge in [0.05, 0.1) is 17.4 Å². The largest absolute Gasteiger partial charge is 0.490 e. The number of benzene rings is 2. The summed E-state index contributed by atoms with van der Waals surface area (Å²) in [6, 6.07) is 15.6. The summed E-state index contributed by atoms with van der Waals surface area (Å²) in [5.41, 5.74) is 2.84. The van der Waals surface area contributed by atoms with Crippen LogP contribution in [0.15, 0.2) is 53.7 Å². The molecular weight excluding hydrogens is 460 g/mol. The van der Waals surface area contributed by atoms with Crippen LogP contribution in [-0.4, -0.2) is 32.9 Å². The molecule has 1 aliphatic carbocycles. The molecule has 2 aliphatic rings. The Labute approximate surface area is 210 Å². The standard InChI is InChI=1S/C27H30N4O3S/c1-3-11-23(32)31-21-16-9-7-14-19(21)24-25(28-27(30-29-24)35-4-2)34-26(31)20-15-8-10-17-22(20)33-18-12-5-6-13-18/h7-10,14-18,26H,3-6,11-13H2,1-2H3/t26-/m1/s1. The predicted octanol–water partition coefficient (Wildman–Crippen LogP) is 6.20. The molecule has 0 radical (unpaired) electrons. The molecular formula is C27H30N4O3S. The number of ether oxygens (including phenoxy) is 2. The van der Waals surface area contributed by atoms with Crippen LogP contribution in [0.5, 0.6) is 11.6 Å². The first-order valence-corrected chi connectivity index (χ1v) is 13.4. The van der Waals surface area contributed by atoms with E-state index in [0.717, 1.165) is 47.6 Å². The van der Waals surface area contributed by atoms with E-state index in [2.05, 4.69) is 10.2 Å². The Balaban J connectivity index is 1.67. The van der Waals surface area contributed by atoms with Crippen molar-refractivity contribution >= 4 is 23.4 Å². The van der Waals surface area contributed by atoms with Gasteiger partial charge in [-0.05, 0) is 56.1 Å². The highest BCUT2D eigenvalue weighted by molar-refractivity contribution is 7.99. The topological polar surface area (TPSA) is 77.4 Å². The maximum Gasteiger partial charge on any atom is 0.247 e. The number of nitrogens with zero attached hydrogens (tertiary/aromatic N) is 4. The van der Waals surface area contributed by atoms with Crippen molar-refractivity contribution in [3.63, 3.8) is 0 Å². The highest BCUT2D eigenvalue weighted by Gasteiger charge is 2.37. The van der Waals surface area contributed by atoms with Gasteiger partial charge in [-0.1, -0.05) is 55.9 Å². The lowest BCUT2D eigenvalue weighted by Gasteiger charge is -2.32. The average molecular weight is 491 g/mol. The number of anilines is 1. The van der Waals surface area contributed by atoms with Crippen LogP contribution in [0, 0.1) is 0 Å². The molecule has 1 atom stereocenters. The van der Waals surface area contributed by atoms with Gasteiger partial charge >= 0.3 is 0 Å². The van der Waals surface area contributed by atoms with Crippen molar-refractivity contribution in [1.29, 1.82) is 0 Å². The summed E-state index contributed by atoms with van der Waals surface area (Å²) in [5.74, 6) is 1.91. The second-order valence-electron chi connectivity index (χ2n) is 8.74. The third kappa shape index (κ3) is 4.85. The fraction of sp³-hybridized carbons (Fsp3) is 0.407. The molecule has 0 spiro atoms. The van der Waals surface area contributed by atoms with E-state index in [4.69, 9.17) is 14.5 Å². The van der Waals surface area contributed by atoms with E-state index in [9.17, 15) is 4.79 Å². The Hall–Kier alpha value is -3.13. The molecule has 35 heavy (non-hydrogen) atoms. The molecule has 0 bridgehead atoms. The second kappa shape index (κ2) is 10.6. The maximum absolute atomic E-state index is 13.6. The van der Waals surface area contributed by atoms with Crippen LogP contribution in [0.1, 0.15) is 64.2 Å². The lowest BCUT2D eigenvalue weighted by Crippen LogP contribution is -2.38. The number of hydrogen-bond donors (Lipinski definition) is 0. The fourth-order valence-corrected chi connectivity index (χ4v) is 5.19. The molecule has 2 aromatic carbocycles. The van der Waals surface area contributed by atoms with Gasteiger partial charge in [0.25, 0.3) is 0 Å². The Kier molecular flexibility index (Phi) is 7.18. The molecule has 182 valence electrons. The number of carbonyl (C=O) groups excluding carboxylic acids is 1. The number of carbonyl (C=O) groups is 1. The van der Waals surface area contributed by atoms with Gasteiger partial charge in [-0.3, -0.25) is 9.69 Å². The van der Waals surface area contributed by atoms with Crippen LogP contribution >= 0.6 is 11.8 Å². The van der Waals surface area contributed by atoms with Crippen molar-refractivity contribution in [2.45, 2.75) is 69.9 Å². The van der Waals surface area contributed by atoms with E-state index in [1.54, 1.807) is 4.90 Å². The third-order valence-electron chi connectivity index (χ3n) is 6.30. The van der Waals surface area contributed by atoms with Gasteiger partial charge < -0.3 is 9.47 Å². The Bertz CT molecular complexity index is 1200. The van der Waals surface area contributed by atoms with Crippen molar-refractivity contribution in [3.05, 3.63) is 54.1 Å². The number of fused-ring (bicyclic) bond motifs is 3. The quantitative estimate of drug-likeness (QED) is 0.365. The van der Waals surface area contributed by atoms with Crippen LogP contribution in [0.3, 0.4) is 0 Å². The van der Waals surface area contributed by atoms with Gasteiger partial charge in [0, 0.05) is 12.0 Å². The number of hydrogen-bond acceptors (Lipinski definition) is 7. The summed E-state index contributed by atoms with van der Waals surface area (Å²) in [5, 5.41) is 9.34. The zero-order valence-corrected chi connectivity index (χ0v) is 21.0. The van der Waals surface area contributed by atoms with Crippen LogP contribution in [0.25, 0.3) is 11.3 Å². The molecule has 8 heteroatoms. The van der Waals surface area contributed by atoms with E-state index in [0.29, 0.717) is 23.2 Å². The summed E-state index contributed by atoms with van der Waals surface area (Å²) in [6.07, 6.45) is 4.99. The minimum atomic E-state index is -0.745. The summed E-state index contributed by atoms with van der Waals surface area (Å²) in [4.78, 5) is 20.1. The average Bonchev–Trinajstić information content (AvgIpc) is 3.33. The van der Waals surface area contributed by atoms with E-state index >= 15 is 0 Å². The minimum Gasteiger partial charge on any atom is -0.490 e. The first-order chi connectivity index (χ1) is 17.2. The molecule has 5 rings (SSSR count). The molecule has 2 heterocycles. The van der Waals surface area contributed by atoms with Gasteiger partial charge in [-0.25, -0.2) is 0 Å². The molecule has 1 saturated carbocycles. The van der Waals surface area contributed by atoms with E-state index in [1.807, 2.05) is 62.4 Å². The molecule has 1 aliphatic heterocycles. The lowest BCUT2D eigenvalue weighted by molar-refractivity contribution is -0.120. The predicted molar refractivity (Wildman–Crippen MR) is 137 cm³/mol. The third-order valence-corrected chi connectivity index (χ3v) is 7.02. The Morgan fingerprint density at radius 1 is 1.09 bits per heavy atom. The lowest BCUT2D eigenvalue weighted by atomic mass is 10.1. The molecule has 1 fully saturated rings. The van der Waals surface area contributed by atoms with Crippen LogP contribution < -0.4 is 14.4 Å². The van der Waals surface area contributed by atoms with Crippen molar-refractivity contribution in [3.8, 4) is 22.9 Å². The highest BCUT2D eigenvalue weighted by Crippen LogP contribution is 2.45. The molecule has 1 amide bonds. The van der Waals surface area contributed by atoms with Crippen molar-refractivity contribution < 1.29 is 14.3 Å². The summed E-state index contributed by atoms with van der Waals surface area (Å²) < 4.78 is 13.1. The second-order valence-corrected chi connectivity index (χ2v) is 9.98. The molecule has 0 unspecified atom stereocenters. The summed E-state index contributed by atoms with van der Waals surface area (Å²) >= 11 is 1.50. The SMILES string of the molecule is CCCC(=O)N1c2ccccc2-c2nnc(SCC)nc2O[C@@H]1c1ccccc1OC1CCCC1. The van der Waals surface area contributed by atoms with Crippen molar-refractivity contribution in [1.82, 2.24) is 15.2 Å².